The highest BCUT2D eigenvalue weighted by molar-refractivity contribution is 6.30. The zero-order valence-electron chi connectivity index (χ0n) is 8.14. The molecule has 1 unspecified atom stereocenters. The van der Waals surface area contributed by atoms with Crippen molar-refractivity contribution in [2.45, 2.75) is 6.10 Å². The molecule has 3 nitrogen and oxygen atoms in total. The minimum Gasteiger partial charge on any atom is -0.383 e. The van der Waals surface area contributed by atoms with Crippen molar-refractivity contribution in [3.05, 3.63) is 58.6 Å². The molecule has 0 amide bonds. The molecule has 0 aliphatic rings. The van der Waals surface area contributed by atoms with Gasteiger partial charge in [-0.3, -0.25) is 0 Å². The fourth-order valence-corrected chi connectivity index (χ4v) is 1.52. The number of aromatic nitrogens is 2. The molecule has 16 heavy (non-hydrogen) atoms. The molecule has 1 atom stereocenters. The quantitative estimate of drug-likeness (QED) is 0.874. The first-order chi connectivity index (χ1) is 7.68. The molecule has 0 aliphatic heterocycles. The molecular formula is C11H8ClFN2O. The average molecular weight is 239 g/mol. The van der Waals surface area contributed by atoms with Crippen LogP contribution in [0.2, 0.25) is 5.02 Å². The van der Waals surface area contributed by atoms with Crippen molar-refractivity contribution in [2.24, 2.45) is 0 Å². The van der Waals surface area contributed by atoms with Gasteiger partial charge in [-0.1, -0.05) is 17.7 Å². The van der Waals surface area contributed by atoms with E-state index in [0.717, 1.165) is 6.07 Å². The van der Waals surface area contributed by atoms with Gasteiger partial charge in [-0.2, -0.15) is 10.2 Å². The van der Waals surface area contributed by atoms with Crippen LogP contribution in [0.15, 0.2) is 36.7 Å². The minimum absolute atomic E-state index is 0.164. The largest absolute Gasteiger partial charge is 0.383 e. The van der Waals surface area contributed by atoms with Crippen LogP contribution in [0, 0.1) is 5.82 Å². The van der Waals surface area contributed by atoms with Crippen molar-refractivity contribution in [2.75, 3.05) is 0 Å². The Labute approximate surface area is 96.5 Å². The van der Waals surface area contributed by atoms with Crippen LogP contribution in [-0.2, 0) is 0 Å². The molecule has 0 aliphatic carbocycles. The number of aliphatic hydroxyl groups is 1. The van der Waals surface area contributed by atoms with E-state index < -0.39 is 11.9 Å². The third kappa shape index (κ3) is 2.18. The lowest BCUT2D eigenvalue weighted by atomic mass is 10.0. The molecule has 0 saturated carbocycles. The summed E-state index contributed by atoms with van der Waals surface area (Å²) in [5, 5.41) is 17.4. The maximum Gasteiger partial charge on any atom is 0.130 e. The summed E-state index contributed by atoms with van der Waals surface area (Å²) < 4.78 is 13.5. The van der Waals surface area contributed by atoms with E-state index in [4.69, 9.17) is 11.6 Å². The molecule has 1 aromatic heterocycles. The molecule has 1 N–H and O–H groups in total. The van der Waals surface area contributed by atoms with Crippen molar-refractivity contribution in [1.82, 2.24) is 10.2 Å². The van der Waals surface area contributed by atoms with Crippen LogP contribution in [0.4, 0.5) is 4.39 Å². The van der Waals surface area contributed by atoms with E-state index in [1.54, 1.807) is 6.07 Å². The van der Waals surface area contributed by atoms with Crippen LogP contribution in [0.1, 0.15) is 17.2 Å². The highest BCUT2D eigenvalue weighted by Crippen LogP contribution is 2.25. The molecule has 1 aromatic carbocycles. The number of aliphatic hydroxyl groups excluding tert-OH is 1. The highest BCUT2D eigenvalue weighted by Gasteiger charge is 2.15. The molecule has 82 valence electrons. The lowest BCUT2D eigenvalue weighted by Crippen LogP contribution is -2.03. The van der Waals surface area contributed by atoms with Gasteiger partial charge < -0.3 is 5.11 Å². The van der Waals surface area contributed by atoms with Crippen molar-refractivity contribution in [3.63, 3.8) is 0 Å². The van der Waals surface area contributed by atoms with Crippen molar-refractivity contribution < 1.29 is 9.50 Å². The maximum atomic E-state index is 13.5. The Hall–Kier alpha value is -1.52. The second kappa shape index (κ2) is 4.55. The van der Waals surface area contributed by atoms with Crippen molar-refractivity contribution in [3.8, 4) is 0 Å². The average Bonchev–Trinajstić information content (AvgIpc) is 2.29. The van der Waals surface area contributed by atoms with Crippen LogP contribution in [-0.4, -0.2) is 15.3 Å². The molecule has 0 bridgehead atoms. The second-order valence-corrected chi connectivity index (χ2v) is 3.68. The van der Waals surface area contributed by atoms with Gasteiger partial charge in [0, 0.05) is 22.3 Å². The van der Waals surface area contributed by atoms with E-state index in [0.29, 0.717) is 10.6 Å². The SMILES string of the molecule is OC(c1ccnnc1)c1ccc(Cl)cc1F. The molecule has 1 heterocycles. The molecule has 0 saturated heterocycles. The Bertz CT molecular complexity index is 493. The summed E-state index contributed by atoms with van der Waals surface area (Å²) in [6, 6.07) is 5.71. The Morgan fingerprint density at radius 2 is 2.06 bits per heavy atom. The summed E-state index contributed by atoms with van der Waals surface area (Å²) >= 11 is 5.62. The predicted octanol–water partition coefficient (Wildman–Crippen LogP) is 2.35. The van der Waals surface area contributed by atoms with Gasteiger partial charge in [0.15, 0.2) is 0 Å². The topological polar surface area (TPSA) is 46.0 Å². The first-order valence-electron chi connectivity index (χ1n) is 4.58. The number of hydrogen-bond donors (Lipinski definition) is 1. The first-order valence-corrected chi connectivity index (χ1v) is 4.96. The Morgan fingerprint density at radius 1 is 1.25 bits per heavy atom. The number of halogens is 2. The van der Waals surface area contributed by atoms with E-state index in [1.807, 2.05) is 0 Å². The predicted molar refractivity (Wildman–Crippen MR) is 57.5 cm³/mol. The van der Waals surface area contributed by atoms with Gasteiger partial charge in [-0.05, 0) is 18.2 Å². The van der Waals surface area contributed by atoms with Gasteiger partial charge >= 0.3 is 0 Å². The van der Waals surface area contributed by atoms with Crippen LogP contribution >= 0.6 is 11.6 Å². The van der Waals surface area contributed by atoms with Gasteiger partial charge in [0.25, 0.3) is 0 Å². The summed E-state index contributed by atoms with van der Waals surface area (Å²) in [5.41, 5.74) is 0.647. The zero-order chi connectivity index (χ0) is 11.5. The van der Waals surface area contributed by atoms with E-state index in [2.05, 4.69) is 10.2 Å². The summed E-state index contributed by atoms with van der Waals surface area (Å²) in [6.45, 7) is 0. The lowest BCUT2D eigenvalue weighted by Gasteiger charge is -2.11. The third-order valence-electron chi connectivity index (χ3n) is 2.18. The number of benzene rings is 1. The smallest absolute Gasteiger partial charge is 0.130 e. The fourth-order valence-electron chi connectivity index (χ4n) is 1.37. The fraction of sp³-hybridized carbons (Fsp3) is 0.0909. The monoisotopic (exact) mass is 238 g/mol. The molecule has 0 fully saturated rings. The molecule has 5 heteroatoms. The van der Waals surface area contributed by atoms with Gasteiger partial charge in [0.05, 0.1) is 6.20 Å². The Kier molecular flexibility index (Phi) is 3.12. The molecule has 2 rings (SSSR count). The summed E-state index contributed by atoms with van der Waals surface area (Å²) in [4.78, 5) is 0. The minimum atomic E-state index is -1.06. The summed E-state index contributed by atoms with van der Waals surface area (Å²) in [7, 11) is 0. The standard InChI is InChI=1S/C11H8ClFN2O/c12-8-1-2-9(10(13)5-8)11(16)7-3-4-14-15-6-7/h1-6,11,16H. The van der Waals surface area contributed by atoms with Gasteiger partial charge in [0.2, 0.25) is 0 Å². The van der Waals surface area contributed by atoms with Crippen LogP contribution < -0.4 is 0 Å². The van der Waals surface area contributed by atoms with Crippen molar-refractivity contribution >= 4 is 11.6 Å². The number of hydrogen-bond acceptors (Lipinski definition) is 3. The van der Waals surface area contributed by atoms with Gasteiger partial charge in [-0.15, -0.1) is 0 Å². The zero-order valence-corrected chi connectivity index (χ0v) is 8.89. The summed E-state index contributed by atoms with van der Waals surface area (Å²) in [5.74, 6) is -0.545. The van der Waals surface area contributed by atoms with Gasteiger partial charge in [-0.25, -0.2) is 4.39 Å². The summed E-state index contributed by atoms with van der Waals surface area (Å²) in [6.07, 6.45) is 1.76. The molecule has 0 radical (unpaired) electrons. The Morgan fingerprint density at radius 3 is 2.69 bits per heavy atom. The molecule has 2 aromatic rings. The maximum absolute atomic E-state index is 13.5. The first kappa shape index (κ1) is 11.0. The lowest BCUT2D eigenvalue weighted by molar-refractivity contribution is 0.214. The normalized spacial score (nSPS) is 12.4. The molecule has 0 spiro atoms. The van der Waals surface area contributed by atoms with Gasteiger partial charge in [0.1, 0.15) is 11.9 Å². The second-order valence-electron chi connectivity index (χ2n) is 3.24. The Balaban J connectivity index is 2.38. The molecular weight excluding hydrogens is 231 g/mol. The number of nitrogens with zero attached hydrogens (tertiary/aromatic N) is 2. The van der Waals surface area contributed by atoms with Crippen LogP contribution in [0.5, 0.6) is 0 Å². The van der Waals surface area contributed by atoms with Crippen LogP contribution in [0.25, 0.3) is 0 Å². The van der Waals surface area contributed by atoms with Crippen LogP contribution in [0.3, 0.4) is 0 Å². The highest BCUT2D eigenvalue weighted by atomic mass is 35.5. The third-order valence-corrected chi connectivity index (χ3v) is 2.42. The number of rotatable bonds is 2. The van der Waals surface area contributed by atoms with E-state index >= 15 is 0 Å². The van der Waals surface area contributed by atoms with E-state index in [9.17, 15) is 9.50 Å². The van der Waals surface area contributed by atoms with Crippen molar-refractivity contribution in [1.29, 1.82) is 0 Å². The van der Waals surface area contributed by atoms with E-state index in [-0.39, 0.29) is 5.56 Å². The van der Waals surface area contributed by atoms with E-state index in [1.165, 1.54) is 24.5 Å².